The third kappa shape index (κ3) is 5.39. The van der Waals surface area contributed by atoms with Crippen molar-refractivity contribution in [3.05, 3.63) is 112 Å². The molecule has 0 aliphatic carbocycles. The van der Waals surface area contributed by atoms with Crippen LogP contribution in [0.2, 0.25) is 0 Å². The number of carbonyl (C=O) groups excluding carboxylic acids is 2. The Morgan fingerprint density at radius 2 is 1.30 bits per heavy atom. The van der Waals surface area contributed by atoms with Crippen molar-refractivity contribution < 1.29 is 9.59 Å². The van der Waals surface area contributed by atoms with Gasteiger partial charge in [-0.15, -0.1) is 0 Å². The van der Waals surface area contributed by atoms with Crippen LogP contribution in [-0.2, 0) is 0 Å². The number of hydrogen-bond acceptors (Lipinski definition) is 3. The van der Waals surface area contributed by atoms with E-state index in [-0.39, 0.29) is 11.7 Å². The second-order valence-electron chi connectivity index (χ2n) is 5.74. The average molecular weight is 421 g/mol. The standard InChI is InChI=1S/C22H17BrN2O2/c23-18-11-13-19(14-12-18)24-21(15-20(26)16-7-3-1-4-8-16)25-22(27)17-9-5-2-6-10-17/h1-15,24H,(H,25,27)/b21-15-. The monoisotopic (exact) mass is 420 g/mol. The Hall–Kier alpha value is -3.18. The number of hydrogen-bond donors (Lipinski definition) is 2. The maximum absolute atomic E-state index is 12.5. The van der Waals surface area contributed by atoms with Gasteiger partial charge in [0.25, 0.3) is 5.91 Å². The lowest BCUT2D eigenvalue weighted by molar-refractivity contribution is 0.0966. The molecule has 27 heavy (non-hydrogen) atoms. The fourth-order valence-corrected chi connectivity index (χ4v) is 2.66. The molecule has 3 aromatic carbocycles. The Morgan fingerprint density at radius 1 is 0.741 bits per heavy atom. The molecule has 0 aliphatic heterocycles. The van der Waals surface area contributed by atoms with Crippen molar-refractivity contribution in [1.29, 1.82) is 0 Å². The summed E-state index contributed by atoms with van der Waals surface area (Å²) in [4.78, 5) is 25.0. The van der Waals surface area contributed by atoms with E-state index in [4.69, 9.17) is 0 Å². The Kier molecular flexibility index (Phi) is 6.18. The van der Waals surface area contributed by atoms with Crippen molar-refractivity contribution >= 4 is 33.3 Å². The maximum Gasteiger partial charge on any atom is 0.256 e. The van der Waals surface area contributed by atoms with Gasteiger partial charge < -0.3 is 10.6 Å². The second-order valence-corrected chi connectivity index (χ2v) is 6.66. The predicted molar refractivity (Wildman–Crippen MR) is 111 cm³/mol. The van der Waals surface area contributed by atoms with Crippen molar-refractivity contribution in [2.45, 2.75) is 0 Å². The van der Waals surface area contributed by atoms with Crippen LogP contribution in [0.15, 0.2) is 101 Å². The summed E-state index contributed by atoms with van der Waals surface area (Å²) in [7, 11) is 0. The fourth-order valence-electron chi connectivity index (χ4n) is 2.39. The average Bonchev–Trinajstić information content (AvgIpc) is 2.71. The minimum atomic E-state index is -0.299. The highest BCUT2D eigenvalue weighted by molar-refractivity contribution is 9.10. The molecule has 1 amide bonds. The molecule has 0 bridgehead atoms. The van der Waals surface area contributed by atoms with E-state index < -0.39 is 0 Å². The van der Waals surface area contributed by atoms with Gasteiger partial charge in [-0.1, -0.05) is 64.5 Å². The summed E-state index contributed by atoms with van der Waals surface area (Å²) >= 11 is 3.39. The highest BCUT2D eigenvalue weighted by Crippen LogP contribution is 2.16. The minimum absolute atomic E-state index is 0.205. The largest absolute Gasteiger partial charge is 0.342 e. The molecule has 0 atom stereocenters. The van der Waals surface area contributed by atoms with Crippen LogP contribution < -0.4 is 10.6 Å². The van der Waals surface area contributed by atoms with E-state index in [0.29, 0.717) is 16.9 Å². The van der Waals surface area contributed by atoms with Crippen molar-refractivity contribution in [1.82, 2.24) is 5.32 Å². The molecule has 5 heteroatoms. The van der Waals surface area contributed by atoms with Crippen LogP contribution in [0.25, 0.3) is 0 Å². The summed E-state index contributed by atoms with van der Waals surface area (Å²) in [5.41, 5.74) is 1.80. The molecule has 0 radical (unpaired) electrons. The van der Waals surface area contributed by atoms with Crippen molar-refractivity contribution in [2.75, 3.05) is 5.32 Å². The third-order valence-corrected chi connectivity index (χ3v) is 4.27. The number of allylic oxidation sites excluding steroid dienone is 1. The molecular weight excluding hydrogens is 404 g/mol. The summed E-state index contributed by atoms with van der Waals surface area (Å²) in [6.07, 6.45) is 1.39. The maximum atomic E-state index is 12.5. The second kappa shape index (κ2) is 8.96. The highest BCUT2D eigenvalue weighted by atomic mass is 79.9. The quantitative estimate of drug-likeness (QED) is 0.434. The van der Waals surface area contributed by atoms with Gasteiger partial charge in [-0.05, 0) is 36.4 Å². The van der Waals surface area contributed by atoms with Gasteiger partial charge >= 0.3 is 0 Å². The van der Waals surface area contributed by atoms with Gasteiger partial charge in [-0.3, -0.25) is 9.59 Å². The van der Waals surface area contributed by atoms with Crippen LogP contribution >= 0.6 is 15.9 Å². The van der Waals surface area contributed by atoms with Crippen LogP contribution in [0, 0.1) is 0 Å². The number of ketones is 1. The number of rotatable bonds is 6. The normalized spacial score (nSPS) is 10.9. The van der Waals surface area contributed by atoms with Gasteiger partial charge in [0, 0.05) is 27.4 Å². The number of amides is 1. The Morgan fingerprint density at radius 3 is 1.89 bits per heavy atom. The van der Waals surface area contributed by atoms with Crippen LogP contribution in [0.5, 0.6) is 0 Å². The van der Waals surface area contributed by atoms with Crippen molar-refractivity contribution in [2.24, 2.45) is 0 Å². The molecule has 0 saturated carbocycles. The van der Waals surface area contributed by atoms with Crippen LogP contribution in [-0.4, -0.2) is 11.7 Å². The Balaban J connectivity index is 1.85. The van der Waals surface area contributed by atoms with Crippen LogP contribution in [0.4, 0.5) is 5.69 Å². The van der Waals surface area contributed by atoms with Gasteiger partial charge in [-0.2, -0.15) is 0 Å². The van der Waals surface area contributed by atoms with Gasteiger partial charge in [0.1, 0.15) is 5.82 Å². The molecule has 0 saturated heterocycles. The van der Waals surface area contributed by atoms with Crippen LogP contribution in [0.1, 0.15) is 20.7 Å². The van der Waals surface area contributed by atoms with E-state index in [1.807, 2.05) is 36.4 Å². The van der Waals surface area contributed by atoms with E-state index in [0.717, 1.165) is 10.2 Å². The van der Waals surface area contributed by atoms with Crippen molar-refractivity contribution in [3.63, 3.8) is 0 Å². The number of carbonyl (C=O) groups is 2. The fraction of sp³-hybridized carbons (Fsp3) is 0. The number of nitrogens with one attached hydrogen (secondary N) is 2. The summed E-state index contributed by atoms with van der Waals surface area (Å²) in [6.45, 7) is 0. The summed E-state index contributed by atoms with van der Waals surface area (Å²) < 4.78 is 0.937. The molecule has 0 aliphatic rings. The van der Waals surface area contributed by atoms with E-state index in [1.165, 1.54) is 6.08 Å². The first-order chi connectivity index (χ1) is 13.1. The van der Waals surface area contributed by atoms with Crippen LogP contribution in [0.3, 0.4) is 0 Å². The lowest BCUT2D eigenvalue weighted by Crippen LogP contribution is -2.27. The molecule has 4 nitrogen and oxygen atoms in total. The molecule has 3 rings (SSSR count). The first-order valence-corrected chi connectivity index (χ1v) is 9.11. The molecule has 3 aromatic rings. The van der Waals surface area contributed by atoms with Crippen molar-refractivity contribution in [3.8, 4) is 0 Å². The number of anilines is 1. The van der Waals surface area contributed by atoms with E-state index >= 15 is 0 Å². The summed E-state index contributed by atoms with van der Waals surface area (Å²) in [6, 6.07) is 25.2. The van der Waals surface area contributed by atoms with E-state index in [9.17, 15) is 9.59 Å². The first-order valence-electron chi connectivity index (χ1n) is 8.32. The molecule has 0 spiro atoms. The predicted octanol–water partition coefficient (Wildman–Crippen LogP) is 5.02. The lowest BCUT2D eigenvalue weighted by Gasteiger charge is -2.13. The number of benzene rings is 3. The summed E-state index contributed by atoms with van der Waals surface area (Å²) in [5.74, 6) is -0.198. The third-order valence-electron chi connectivity index (χ3n) is 3.74. The van der Waals surface area contributed by atoms with Gasteiger partial charge in [0.2, 0.25) is 0 Å². The molecule has 134 valence electrons. The van der Waals surface area contributed by atoms with E-state index in [2.05, 4.69) is 26.6 Å². The first kappa shape index (κ1) is 18.6. The molecular formula is C22H17BrN2O2. The van der Waals surface area contributed by atoms with Gasteiger partial charge in [-0.25, -0.2) is 0 Å². The smallest absolute Gasteiger partial charge is 0.256 e. The molecule has 0 fully saturated rings. The zero-order valence-electron chi connectivity index (χ0n) is 14.4. The summed E-state index contributed by atoms with van der Waals surface area (Å²) in [5, 5.41) is 5.87. The number of halogens is 1. The zero-order chi connectivity index (χ0) is 19.1. The highest BCUT2D eigenvalue weighted by Gasteiger charge is 2.10. The topological polar surface area (TPSA) is 58.2 Å². The molecule has 0 heterocycles. The SMILES string of the molecule is O=C(/C=C(\NC(=O)c1ccccc1)Nc1ccc(Br)cc1)c1ccccc1. The minimum Gasteiger partial charge on any atom is -0.342 e. The Bertz CT molecular complexity index is 953. The molecule has 0 unspecified atom stereocenters. The molecule has 2 N–H and O–H groups in total. The lowest BCUT2D eigenvalue weighted by atomic mass is 10.1. The van der Waals surface area contributed by atoms with Gasteiger partial charge in [0.15, 0.2) is 5.78 Å². The van der Waals surface area contributed by atoms with Gasteiger partial charge in [0.05, 0.1) is 0 Å². The van der Waals surface area contributed by atoms with E-state index in [1.54, 1.807) is 48.5 Å². The molecule has 0 aromatic heterocycles. The Labute approximate surface area is 166 Å². The zero-order valence-corrected chi connectivity index (χ0v) is 15.9.